The van der Waals surface area contributed by atoms with Gasteiger partial charge in [-0.15, -0.1) is 0 Å². The monoisotopic (exact) mass is 329 g/mol. The summed E-state index contributed by atoms with van der Waals surface area (Å²) in [6.45, 7) is 3.70. The fraction of sp³-hybridized carbons (Fsp3) is 0.421. The Hall–Kier alpha value is -2.27. The van der Waals surface area contributed by atoms with Crippen LogP contribution in [0.3, 0.4) is 0 Å². The fourth-order valence-electron chi connectivity index (χ4n) is 2.98. The zero-order valence-corrected chi connectivity index (χ0v) is 14.3. The summed E-state index contributed by atoms with van der Waals surface area (Å²) < 4.78 is 10.6. The summed E-state index contributed by atoms with van der Waals surface area (Å²) in [7, 11) is 1.63. The maximum Gasteiger partial charge on any atom is 0.230 e. The van der Waals surface area contributed by atoms with Crippen LogP contribution >= 0.6 is 0 Å². The average Bonchev–Trinajstić information content (AvgIpc) is 3.18. The molecule has 1 aromatic heterocycles. The molecule has 1 aromatic carbocycles. The summed E-state index contributed by atoms with van der Waals surface area (Å²) >= 11 is 0. The van der Waals surface area contributed by atoms with Crippen molar-refractivity contribution in [2.45, 2.75) is 37.7 Å². The van der Waals surface area contributed by atoms with Crippen molar-refractivity contribution in [3.05, 3.63) is 53.5 Å². The Balaban J connectivity index is 1.73. The first-order valence-electron chi connectivity index (χ1n) is 8.09. The number of methoxy groups -OCH3 is 1. The third kappa shape index (κ3) is 2.91. The van der Waals surface area contributed by atoms with Gasteiger partial charge in [-0.3, -0.25) is 4.79 Å². The number of amides is 1. The van der Waals surface area contributed by atoms with E-state index >= 15 is 0 Å². The second kappa shape index (κ2) is 5.98. The smallest absolute Gasteiger partial charge is 0.230 e. The lowest BCUT2D eigenvalue weighted by Crippen LogP contribution is -2.43. The Morgan fingerprint density at radius 2 is 2.17 bits per heavy atom. The standard InChI is InChI=1S/C19H23NO4/c1-13-6-7-14(11-15(13)23-3)19(8-9-19)17(21)20-12-18(2,22)16-5-4-10-24-16/h4-7,10-11,22H,8-9,12H2,1-3H3,(H,20,21). The molecule has 5 heteroatoms. The predicted molar refractivity (Wildman–Crippen MR) is 89.9 cm³/mol. The number of hydrogen-bond acceptors (Lipinski definition) is 4. The minimum Gasteiger partial charge on any atom is -0.496 e. The van der Waals surface area contributed by atoms with Crippen molar-refractivity contribution in [2.24, 2.45) is 0 Å². The van der Waals surface area contributed by atoms with E-state index in [0.717, 1.165) is 29.7 Å². The van der Waals surface area contributed by atoms with Crippen molar-refractivity contribution >= 4 is 5.91 Å². The second-order valence-electron chi connectivity index (χ2n) is 6.70. The van der Waals surface area contributed by atoms with Gasteiger partial charge >= 0.3 is 0 Å². The molecule has 3 rings (SSSR count). The molecule has 1 aliphatic rings. The number of furan rings is 1. The summed E-state index contributed by atoms with van der Waals surface area (Å²) in [5, 5.41) is 13.3. The minimum absolute atomic E-state index is 0.0692. The summed E-state index contributed by atoms with van der Waals surface area (Å²) in [5.74, 6) is 1.15. The van der Waals surface area contributed by atoms with E-state index in [4.69, 9.17) is 9.15 Å². The van der Waals surface area contributed by atoms with Crippen molar-refractivity contribution < 1.29 is 19.1 Å². The molecule has 2 N–H and O–H groups in total. The van der Waals surface area contributed by atoms with Crippen LogP contribution in [0.2, 0.25) is 0 Å². The summed E-state index contributed by atoms with van der Waals surface area (Å²) in [4.78, 5) is 12.7. The minimum atomic E-state index is -1.24. The molecule has 0 spiro atoms. The Morgan fingerprint density at radius 1 is 1.42 bits per heavy atom. The highest BCUT2D eigenvalue weighted by atomic mass is 16.5. The molecule has 1 heterocycles. The zero-order valence-electron chi connectivity index (χ0n) is 14.3. The van der Waals surface area contributed by atoms with Crippen LogP contribution in [0.4, 0.5) is 0 Å². The van der Waals surface area contributed by atoms with E-state index in [1.807, 2.05) is 25.1 Å². The lowest BCUT2D eigenvalue weighted by atomic mass is 9.93. The maximum absolute atomic E-state index is 12.7. The van der Waals surface area contributed by atoms with Gasteiger partial charge in [-0.25, -0.2) is 0 Å². The molecule has 128 valence electrons. The number of nitrogens with one attached hydrogen (secondary N) is 1. The van der Waals surface area contributed by atoms with Crippen molar-refractivity contribution in [1.29, 1.82) is 0 Å². The van der Waals surface area contributed by atoms with Crippen LogP contribution in [-0.4, -0.2) is 24.7 Å². The lowest BCUT2D eigenvalue weighted by Gasteiger charge is -2.24. The van der Waals surface area contributed by atoms with Crippen LogP contribution in [0.1, 0.15) is 36.7 Å². The quantitative estimate of drug-likeness (QED) is 0.855. The Morgan fingerprint density at radius 3 is 2.75 bits per heavy atom. The van der Waals surface area contributed by atoms with Crippen LogP contribution in [0, 0.1) is 6.92 Å². The van der Waals surface area contributed by atoms with Gasteiger partial charge in [0.2, 0.25) is 5.91 Å². The molecule has 1 amide bonds. The van der Waals surface area contributed by atoms with Gasteiger partial charge in [0.1, 0.15) is 17.1 Å². The summed E-state index contributed by atoms with van der Waals surface area (Å²) in [5.41, 5.74) is 0.249. The van der Waals surface area contributed by atoms with E-state index in [-0.39, 0.29) is 12.5 Å². The van der Waals surface area contributed by atoms with E-state index in [1.54, 1.807) is 26.2 Å². The first kappa shape index (κ1) is 16.6. The van der Waals surface area contributed by atoms with Crippen LogP contribution in [0.5, 0.6) is 5.75 Å². The third-order valence-corrected chi connectivity index (χ3v) is 4.79. The van der Waals surface area contributed by atoms with E-state index < -0.39 is 11.0 Å². The molecule has 1 aliphatic carbocycles. The van der Waals surface area contributed by atoms with Crippen LogP contribution < -0.4 is 10.1 Å². The van der Waals surface area contributed by atoms with Crippen LogP contribution in [0.25, 0.3) is 0 Å². The number of carbonyl (C=O) groups excluding carboxylic acids is 1. The third-order valence-electron chi connectivity index (χ3n) is 4.79. The molecule has 1 fully saturated rings. The van der Waals surface area contributed by atoms with Crippen LogP contribution in [-0.2, 0) is 15.8 Å². The highest BCUT2D eigenvalue weighted by Gasteiger charge is 2.51. The molecule has 24 heavy (non-hydrogen) atoms. The number of aliphatic hydroxyl groups is 1. The van der Waals surface area contributed by atoms with Crippen molar-refractivity contribution in [3.63, 3.8) is 0 Å². The second-order valence-corrected chi connectivity index (χ2v) is 6.70. The molecular formula is C19H23NO4. The van der Waals surface area contributed by atoms with Gasteiger partial charge in [-0.2, -0.15) is 0 Å². The number of aryl methyl sites for hydroxylation is 1. The van der Waals surface area contributed by atoms with Gasteiger partial charge in [0.25, 0.3) is 0 Å². The molecule has 5 nitrogen and oxygen atoms in total. The number of rotatable bonds is 6. The molecule has 1 saturated carbocycles. The summed E-state index contributed by atoms with van der Waals surface area (Å²) in [6.07, 6.45) is 3.11. The number of benzene rings is 1. The van der Waals surface area contributed by atoms with Gasteiger partial charge in [0.05, 0.1) is 25.3 Å². The fourth-order valence-corrected chi connectivity index (χ4v) is 2.98. The predicted octanol–water partition coefficient (Wildman–Crippen LogP) is 2.65. The van der Waals surface area contributed by atoms with E-state index in [2.05, 4.69) is 5.32 Å². The molecule has 0 aliphatic heterocycles. The molecule has 1 unspecified atom stereocenters. The van der Waals surface area contributed by atoms with Crippen molar-refractivity contribution in [1.82, 2.24) is 5.32 Å². The number of ether oxygens (including phenoxy) is 1. The highest BCUT2D eigenvalue weighted by molar-refractivity contribution is 5.91. The summed E-state index contributed by atoms with van der Waals surface area (Å²) in [6, 6.07) is 9.30. The zero-order chi connectivity index (χ0) is 17.4. The van der Waals surface area contributed by atoms with E-state index in [0.29, 0.717) is 5.76 Å². The van der Waals surface area contributed by atoms with E-state index in [9.17, 15) is 9.90 Å². The van der Waals surface area contributed by atoms with Crippen molar-refractivity contribution in [2.75, 3.05) is 13.7 Å². The van der Waals surface area contributed by atoms with Gasteiger partial charge in [0, 0.05) is 0 Å². The van der Waals surface area contributed by atoms with Gasteiger partial charge in [0.15, 0.2) is 0 Å². The topological polar surface area (TPSA) is 71.7 Å². The number of carbonyl (C=O) groups is 1. The van der Waals surface area contributed by atoms with Crippen LogP contribution in [0.15, 0.2) is 41.0 Å². The maximum atomic E-state index is 12.7. The van der Waals surface area contributed by atoms with Gasteiger partial charge in [-0.05, 0) is 56.0 Å². The molecule has 0 bridgehead atoms. The number of hydrogen-bond donors (Lipinski definition) is 2. The lowest BCUT2D eigenvalue weighted by molar-refractivity contribution is -0.125. The normalized spacial score (nSPS) is 17.8. The van der Waals surface area contributed by atoms with Gasteiger partial charge in [-0.1, -0.05) is 12.1 Å². The SMILES string of the molecule is COc1cc(C2(C(=O)NCC(C)(O)c3ccco3)CC2)ccc1C. The molecule has 0 radical (unpaired) electrons. The van der Waals surface area contributed by atoms with E-state index in [1.165, 1.54) is 6.26 Å². The average molecular weight is 329 g/mol. The Bertz CT molecular complexity index is 730. The van der Waals surface area contributed by atoms with Crippen molar-refractivity contribution in [3.8, 4) is 5.75 Å². The Kier molecular flexibility index (Phi) is 4.13. The first-order chi connectivity index (χ1) is 11.4. The molecule has 2 aromatic rings. The highest BCUT2D eigenvalue weighted by Crippen LogP contribution is 2.49. The molecule has 1 atom stereocenters. The Labute approximate surface area is 141 Å². The molecular weight excluding hydrogens is 306 g/mol. The largest absolute Gasteiger partial charge is 0.496 e. The molecule has 0 saturated heterocycles. The first-order valence-corrected chi connectivity index (χ1v) is 8.09. The van der Waals surface area contributed by atoms with Gasteiger partial charge < -0.3 is 19.6 Å².